The number of carbonyl (C=O) groups excluding carboxylic acids is 3. The van der Waals surface area contributed by atoms with Crippen molar-refractivity contribution in [1.82, 2.24) is 4.90 Å². The predicted molar refractivity (Wildman–Crippen MR) is 215 cm³/mol. The molecule has 11 heteroatoms. The highest BCUT2D eigenvalue weighted by molar-refractivity contribution is 5.85. The van der Waals surface area contributed by atoms with Crippen LogP contribution in [-0.2, 0) is 23.9 Å². The summed E-state index contributed by atoms with van der Waals surface area (Å²) in [6.45, 7) is 11.7. The molecular weight excluding hydrogens is 714 g/mol. The fourth-order valence-corrected chi connectivity index (χ4v) is 8.86. The van der Waals surface area contributed by atoms with Gasteiger partial charge in [0.2, 0.25) is 5.91 Å². The highest BCUT2D eigenvalue weighted by Crippen LogP contribution is 2.38. The van der Waals surface area contributed by atoms with Crippen LogP contribution in [0.3, 0.4) is 0 Å². The van der Waals surface area contributed by atoms with E-state index in [0.717, 1.165) is 18.4 Å². The molecule has 5 N–H and O–H groups in total. The molecule has 3 aliphatic heterocycles. The number of aliphatic hydroxyl groups excluding tert-OH is 4. The maximum absolute atomic E-state index is 14.1. The van der Waals surface area contributed by atoms with Gasteiger partial charge in [0.25, 0.3) is 0 Å². The number of ketones is 1. The number of rotatable bonds is 3. The molecule has 1 aliphatic carbocycles. The van der Waals surface area contributed by atoms with Crippen molar-refractivity contribution in [3.05, 3.63) is 47.6 Å². The standard InChI is InChI=1S/C45H71NO10/c1-28-12-8-7-9-13-29(2)38(48)25-35-18-16-33(6)45(54,56-35)27-43(52)46-21-11-10-14-36(46)44(53)55-42(32(5)23-34-17-19-37(47)41(51)24-34)20-15-30(3)39(49)26-40(50)31(4)22-28/h7-9,12-13,15,28,31-39,41-42,47-49,51,54H,10-11,14,16-27H2,1-6H3/b9-7+,12-8+,29-13+,30-15+/t28-,31-,32-,33-,34+,35+,36+,37-,38+,39+,41-,42?,45+/m1/s1. The zero-order valence-electron chi connectivity index (χ0n) is 34.7. The molecule has 3 heterocycles. The molecule has 3 fully saturated rings. The number of piperidine rings is 1. The van der Waals surface area contributed by atoms with E-state index in [9.17, 15) is 39.9 Å². The molecule has 316 valence electrons. The first-order chi connectivity index (χ1) is 26.5. The molecule has 0 aromatic carbocycles. The first kappa shape index (κ1) is 46.0. The van der Waals surface area contributed by atoms with E-state index in [-0.39, 0.29) is 60.5 Å². The van der Waals surface area contributed by atoms with Gasteiger partial charge in [-0.3, -0.25) is 9.59 Å². The van der Waals surface area contributed by atoms with E-state index in [1.165, 1.54) is 4.90 Å². The summed E-state index contributed by atoms with van der Waals surface area (Å²) in [6, 6.07) is -0.840. The van der Waals surface area contributed by atoms with Crippen molar-refractivity contribution in [2.45, 2.75) is 180 Å². The third kappa shape index (κ3) is 13.2. The number of aliphatic hydroxyl groups is 5. The molecule has 56 heavy (non-hydrogen) atoms. The second-order valence-electron chi connectivity index (χ2n) is 17.8. The number of allylic oxidation sites excluding steroid dienone is 5. The van der Waals surface area contributed by atoms with Gasteiger partial charge in [0, 0.05) is 37.6 Å². The molecule has 1 amide bonds. The fraction of sp³-hybridized carbons (Fsp3) is 0.756. The summed E-state index contributed by atoms with van der Waals surface area (Å²) in [5.41, 5.74) is 1.35. The monoisotopic (exact) mass is 786 g/mol. The van der Waals surface area contributed by atoms with E-state index >= 15 is 0 Å². The largest absolute Gasteiger partial charge is 0.460 e. The van der Waals surface area contributed by atoms with E-state index in [1.54, 1.807) is 6.92 Å². The molecule has 0 radical (unpaired) electrons. The van der Waals surface area contributed by atoms with Crippen molar-refractivity contribution in [3.63, 3.8) is 0 Å². The maximum Gasteiger partial charge on any atom is 0.329 e. The number of ether oxygens (including phenoxy) is 2. The number of carbonyl (C=O) groups is 3. The van der Waals surface area contributed by atoms with Gasteiger partial charge in [0.1, 0.15) is 17.9 Å². The second kappa shape index (κ2) is 21.4. The molecular formula is C45H71NO10. The molecule has 0 aromatic heterocycles. The average molecular weight is 786 g/mol. The lowest BCUT2D eigenvalue weighted by Crippen LogP contribution is -2.54. The van der Waals surface area contributed by atoms with Crippen LogP contribution in [0.5, 0.6) is 0 Å². The van der Waals surface area contributed by atoms with Crippen molar-refractivity contribution in [1.29, 1.82) is 0 Å². The molecule has 1 unspecified atom stereocenters. The molecule has 0 spiro atoms. The Balaban J connectivity index is 1.61. The Bertz CT molecular complexity index is 1440. The number of esters is 1. The Morgan fingerprint density at radius 2 is 1.61 bits per heavy atom. The van der Waals surface area contributed by atoms with Crippen molar-refractivity contribution in [2.75, 3.05) is 6.54 Å². The van der Waals surface area contributed by atoms with Crippen molar-refractivity contribution >= 4 is 17.7 Å². The van der Waals surface area contributed by atoms with Crippen LogP contribution in [0.2, 0.25) is 0 Å². The summed E-state index contributed by atoms with van der Waals surface area (Å²) in [7, 11) is 0. The van der Waals surface area contributed by atoms with Crippen LogP contribution < -0.4 is 0 Å². The fourth-order valence-electron chi connectivity index (χ4n) is 8.86. The summed E-state index contributed by atoms with van der Waals surface area (Å²) < 4.78 is 12.5. The van der Waals surface area contributed by atoms with Crippen LogP contribution in [-0.4, -0.2) is 103 Å². The van der Waals surface area contributed by atoms with Gasteiger partial charge in [0.15, 0.2) is 5.79 Å². The van der Waals surface area contributed by atoms with E-state index in [0.29, 0.717) is 69.9 Å². The van der Waals surface area contributed by atoms with E-state index in [1.807, 2.05) is 71.1 Å². The van der Waals surface area contributed by atoms with E-state index in [2.05, 4.69) is 0 Å². The molecule has 1 saturated carbocycles. The van der Waals surface area contributed by atoms with Crippen LogP contribution >= 0.6 is 0 Å². The molecule has 11 nitrogen and oxygen atoms in total. The molecule has 2 saturated heterocycles. The van der Waals surface area contributed by atoms with Gasteiger partial charge in [0.05, 0.1) is 36.9 Å². The second-order valence-corrected chi connectivity index (χ2v) is 17.8. The topological polar surface area (TPSA) is 174 Å². The van der Waals surface area contributed by atoms with Crippen LogP contribution in [0.4, 0.5) is 0 Å². The minimum atomic E-state index is -1.76. The van der Waals surface area contributed by atoms with Crippen LogP contribution in [0.1, 0.15) is 131 Å². The molecule has 2 bridgehead atoms. The van der Waals surface area contributed by atoms with Gasteiger partial charge in [-0.2, -0.15) is 0 Å². The Labute approximate surface area is 334 Å². The summed E-state index contributed by atoms with van der Waals surface area (Å²) >= 11 is 0. The average Bonchev–Trinajstić information content (AvgIpc) is 3.15. The minimum Gasteiger partial charge on any atom is -0.460 e. The van der Waals surface area contributed by atoms with Crippen LogP contribution in [0, 0.1) is 29.6 Å². The van der Waals surface area contributed by atoms with Gasteiger partial charge in [-0.15, -0.1) is 0 Å². The minimum absolute atomic E-state index is 0.0246. The number of nitrogens with zero attached hydrogens (tertiary/aromatic N) is 1. The van der Waals surface area contributed by atoms with Crippen molar-refractivity contribution < 1.29 is 49.4 Å². The third-order valence-corrected chi connectivity index (χ3v) is 13.0. The molecule has 0 aromatic rings. The van der Waals surface area contributed by atoms with Gasteiger partial charge >= 0.3 is 5.97 Å². The smallest absolute Gasteiger partial charge is 0.329 e. The predicted octanol–water partition coefficient (Wildman–Crippen LogP) is 5.86. The van der Waals surface area contributed by atoms with Gasteiger partial charge in [-0.1, -0.05) is 64.2 Å². The lowest BCUT2D eigenvalue weighted by atomic mass is 9.79. The third-order valence-electron chi connectivity index (χ3n) is 13.0. The van der Waals surface area contributed by atoms with E-state index < -0.39 is 54.4 Å². The number of cyclic esters (lactones) is 1. The normalized spacial score (nSPS) is 41.8. The maximum atomic E-state index is 14.1. The highest BCUT2D eigenvalue weighted by atomic mass is 16.6. The van der Waals surface area contributed by atoms with Gasteiger partial charge in [-0.25, -0.2) is 4.79 Å². The van der Waals surface area contributed by atoms with E-state index in [4.69, 9.17) is 9.47 Å². The molecule has 13 atom stereocenters. The van der Waals surface area contributed by atoms with Gasteiger partial charge < -0.3 is 39.9 Å². The first-order valence-corrected chi connectivity index (χ1v) is 21.3. The lowest BCUT2D eigenvalue weighted by Gasteiger charge is -2.44. The number of amides is 1. The van der Waals surface area contributed by atoms with Crippen molar-refractivity contribution in [2.24, 2.45) is 29.6 Å². The molecule has 4 rings (SSSR count). The number of Topliss-reactive ketones (excluding diaryl/α,β-unsaturated/α-hetero) is 1. The molecule has 4 aliphatic rings. The number of hydrogen-bond acceptors (Lipinski definition) is 10. The van der Waals surface area contributed by atoms with Crippen LogP contribution in [0.25, 0.3) is 0 Å². The zero-order chi connectivity index (χ0) is 41.2. The van der Waals surface area contributed by atoms with Crippen LogP contribution in [0.15, 0.2) is 47.6 Å². The van der Waals surface area contributed by atoms with Gasteiger partial charge in [-0.05, 0) is 107 Å². The SMILES string of the molecule is C/C1=C\CC([C@H](C)C[C@@H]2CC[C@@H](O)[C@H](O)C2)OC(=O)[C@@H]2CCCCN2C(=O)C[C@]2(O)O[C@@H](CC[C@H]2C)C[C@H](O)/C(C)=C/C=C/C=C/[C@@H](C)C[C@@H](C)C(=O)C[C@@H]1O. The van der Waals surface area contributed by atoms with Crippen molar-refractivity contribution in [3.8, 4) is 0 Å². The quantitative estimate of drug-likeness (QED) is 0.172. The Kier molecular flexibility index (Phi) is 17.6. The first-order valence-electron chi connectivity index (χ1n) is 21.3. The summed E-state index contributed by atoms with van der Waals surface area (Å²) in [5, 5.41) is 54.4. The Morgan fingerprint density at radius 1 is 0.857 bits per heavy atom. The Morgan fingerprint density at radius 3 is 2.34 bits per heavy atom. The number of hydrogen-bond donors (Lipinski definition) is 5. The zero-order valence-corrected chi connectivity index (χ0v) is 34.7. The summed E-state index contributed by atoms with van der Waals surface area (Å²) in [5.74, 6) is -3.20. The highest BCUT2D eigenvalue weighted by Gasteiger charge is 2.46. The Hall–Kier alpha value is -2.67. The number of fused-ring (bicyclic) bond motifs is 3. The summed E-state index contributed by atoms with van der Waals surface area (Å²) in [6.07, 6.45) is 13.2. The lowest BCUT2D eigenvalue weighted by molar-refractivity contribution is -0.283. The summed E-state index contributed by atoms with van der Waals surface area (Å²) in [4.78, 5) is 42.9.